The van der Waals surface area contributed by atoms with Crippen LogP contribution in [-0.4, -0.2) is 23.8 Å². The molecular weight excluding hydrogens is 310 g/mol. The lowest BCUT2D eigenvalue weighted by Gasteiger charge is -2.05. The largest absolute Gasteiger partial charge is 0.451 e. The first-order valence-electron chi connectivity index (χ1n) is 6.63. The summed E-state index contributed by atoms with van der Waals surface area (Å²) >= 11 is 5.85. The van der Waals surface area contributed by atoms with Gasteiger partial charge in [0.1, 0.15) is 5.58 Å². The molecule has 1 aliphatic carbocycles. The zero-order valence-electron chi connectivity index (χ0n) is 11.3. The molecule has 1 aromatic carbocycles. The molecule has 3 amide bonds. The first kappa shape index (κ1) is 14.4. The fraction of sp³-hybridized carbons (Fsp3) is 0.214. The molecule has 1 aliphatic rings. The number of hydrogen-bond acceptors (Lipinski definition) is 4. The van der Waals surface area contributed by atoms with Crippen molar-refractivity contribution in [2.75, 3.05) is 0 Å². The third-order valence-corrected chi connectivity index (χ3v) is 3.35. The Balaban J connectivity index is 1.60. The smallest absolute Gasteiger partial charge is 0.327 e. The molecule has 1 saturated carbocycles. The number of furan rings is 1. The van der Waals surface area contributed by atoms with Crippen molar-refractivity contribution in [3.8, 4) is 0 Å². The lowest BCUT2D eigenvalue weighted by atomic mass is 10.2. The molecule has 0 unspecified atom stereocenters. The summed E-state index contributed by atoms with van der Waals surface area (Å²) in [7, 11) is 0. The van der Waals surface area contributed by atoms with Crippen LogP contribution in [0.2, 0.25) is 5.02 Å². The number of carbonyl (C=O) groups excluding carboxylic acids is 3. The minimum atomic E-state index is -0.931. The van der Waals surface area contributed by atoms with E-state index in [0.29, 0.717) is 16.0 Å². The molecule has 1 aromatic heterocycles. The molecule has 0 aliphatic heterocycles. The van der Waals surface area contributed by atoms with E-state index in [1.54, 1.807) is 18.2 Å². The van der Waals surface area contributed by atoms with E-state index in [1.165, 1.54) is 6.07 Å². The number of hydrogen-bond donors (Lipinski definition) is 3. The van der Waals surface area contributed by atoms with E-state index in [4.69, 9.17) is 16.0 Å². The monoisotopic (exact) mass is 321 g/mol. The summed E-state index contributed by atoms with van der Waals surface area (Å²) in [6, 6.07) is 6.48. The molecule has 1 heterocycles. The molecule has 0 spiro atoms. The van der Waals surface area contributed by atoms with Gasteiger partial charge in [-0.2, -0.15) is 0 Å². The molecule has 3 N–H and O–H groups in total. The molecule has 0 radical (unpaired) electrons. The Morgan fingerprint density at radius 2 is 1.86 bits per heavy atom. The molecule has 8 heteroatoms. The molecule has 7 nitrogen and oxygen atoms in total. The van der Waals surface area contributed by atoms with Gasteiger partial charge in [-0.25, -0.2) is 0 Å². The Morgan fingerprint density at radius 3 is 2.59 bits per heavy atom. The van der Waals surface area contributed by atoms with Crippen LogP contribution >= 0.6 is 11.6 Å². The van der Waals surface area contributed by atoms with Gasteiger partial charge in [-0.3, -0.25) is 25.2 Å². The third kappa shape index (κ3) is 3.20. The van der Waals surface area contributed by atoms with Gasteiger partial charge >= 0.3 is 17.7 Å². The highest BCUT2D eigenvalue weighted by Crippen LogP contribution is 2.22. The normalized spacial score (nSPS) is 13.7. The van der Waals surface area contributed by atoms with Gasteiger partial charge < -0.3 is 9.73 Å². The predicted octanol–water partition coefficient (Wildman–Crippen LogP) is 1.13. The van der Waals surface area contributed by atoms with Crippen molar-refractivity contribution >= 4 is 40.3 Å². The van der Waals surface area contributed by atoms with Gasteiger partial charge in [0.15, 0.2) is 5.76 Å². The minimum absolute atomic E-state index is 0.000155. The van der Waals surface area contributed by atoms with Crippen LogP contribution in [0.5, 0.6) is 0 Å². The van der Waals surface area contributed by atoms with Crippen LogP contribution in [0.4, 0.5) is 0 Å². The van der Waals surface area contributed by atoms with Crippen molar-refractivity contribution in [3.05, 3.63) is 35.0 Å². The van der Waals surface area contributed by atoms with Crippen LogP contribution in [-0.2, 0) is 9.59 Å². The van der Waals surface area contributed by atoms with Crippen LogP contribution < -0.4 is 16.2 Å². The van der Waals surface area contributed by atoms with Crippen molar-refractivity contribution in [1.29, 1.82) is 0 Å². The van der Waals surface area contributed by atoms with Crippen LogP contribution in [0.25, 0.3) is 11.0 Å². The topological polar surface area (TPSA) is 100 Å². The van der Waals surface area contributed by atoms with Crippen molar-refractivity contribution in [3.63, 3.8) is 0 Å². The van der Waals surface area contributed by atoms with Gasteiger partial charge in [-0.1, -0.05) is 11.6 Å². The van der Waals surface area contributed by atoms with Gasteiger partial charge in [-0.15, -0.1) is 0 Å². The highest BCUT2D eigenvalue weighted by molar-refractivity contribution is 6.35. The Morgan fingerprint density at radius 1 is 1.09 bits per heavy atom. The average Bonchev–Trinajstić information content (AvgIpc) is 3.20. The fourth-order valence-electron chi connectivity index (χ4n) is 1.84. The van der Waals surface area contributed by atoms with Gasteiger partial charge in [-0.05, 0) is 37.1 Å². The van der Waals surface area contributed by atoms with Crippen LogP contribution in [0.3, 0.4) is 0 Å². The SMILES string of the molecule is O=C(NNC(=O)c1cc2cc(Cl)ccc2o1)C(=O)NC1CC1. The standard InChI is InChI=1S/C14H12ClN3O4/c15-8-1-4-10-7(5-8)6-11(22-10)12(19)17-18-14(21)13(20)16-9-2-3-9/h1,4-6,9H,2-3H2,(H,16,20)(H,17,19)(H,18,21). The van der Waals surface area contributed by atoms with Crippen molar-refractivity contribution < 1.29 is 18.8 Å². The number of nitrogens with one attached hydrogen (secondary N) is 3. The maximum absolute atomic E-state index is 11.9. The summed E-state index contributed by atoms with van der Waals surface area (Å²) in [6.45, 7) is 0. The van der Waals surface area contributed by atoms with Gasteiger partial charge in [0, 0.05) is 16.5 Å². The number of amides is 3. The Bertz CT molecular complexity index is 767. The van der Waals surface area contributed by atoms with Gasteiger partial charge in [0.25, 0.3) is 0 Å². The zero-order chi connectivity index (χ0) is 15.7. The molecule has 0 bridgehead atoms. The molecule has 114 valence electrons. The molecule has 0 atom stereocenters. The summed E-state index contributed by atoms with van der Waals surface area (Å²) in [6.07, 6.45) is 1.74. The molecular formula is C14H12ClN3O4. The Hall–Kier alpha value is -2.54. The molecule has 22 heavy (non-hydrogen) atoms. The maximum atomic E-state index is 11.9. The molecule has 0 saturated heterocycles. The highest BCUT2D eigenvalue weighted by Gasteiger charge is 2.26. The number of benzene rings is 1. The fourth-order valence-corrected chi connectivity index (χ4v) is 2.02. The van der Waals surface area contributed by atoms with E-state index in [0.717, 1.165) is 12.8 Å². The maximum Gasteiger partial charge on any atom is 0.327 e. The molecule has 1 fully saturated rings. The minimum Gasteiger partial charge on any atom is -0.451 e. The van der Waals surface area contributed by atoms with E-state index >= 15 is 0 Å². The highest BCUT2D eigenvalue weighted by atomic mass is 35.5. The van der Waals surface area contributed by atoms with E-state index < -0.39 is 17.7 Å². The second-order valence-electron chi connectivity index (χ2n) is 4.95. The lowest BCUT2D eigenvalue weighted by Crippen LogP contribution is -2.48. The number of fused-ring (bicyclic) bond motifs is 1. The summed E-state index contributed by atoms with van der Waals surface area (Å²) in [5, 5.41) is 3.69. The molecule has 3 rings (SSSR count). The van der Waals surface area contributed by atoms with Crippen LogP contribution in [0.15, 0.2) is 28.7 Å². The number of rotatable bonds is 2. The quantitative estimate of drug-likeness (QED) is 0.570. The van der Waals surface area contributed by atoms with Gasteiger partial charge in [0.05, 0.1) is 0 Å². The van der Waals surface area contributed by atoms with E-state index in [-0.39, 0.29) is 11.8 Å². The second kappa shape index (κ2) is 5.69. The summed E-state index contributed by atoms with van der Waals surface area (Å²) in [5.41, 5.74) is 4.65. The van der Waals surface area contributed by atoms with E-state index in [1.807, 2.05) is 5.43 Å². The number of halogens is 1. The van der Waals surface area contributed by atoms with E-state index in [9.17, 15) is 14.4 Å². The summed E-state index contributed by atoms with van der Waals surface area (Å²) < 4.78 is 5.33. The van der Waals surface area contributed by atoms with Crippen molar-refractivity contribution in [1.82, 2.24) is 16.2 Å². The first-order chi connectivity index (χ1) is 10.5. The van der Waals surface area contributed by atoms with E-state index in [2.05, 4.69) is 10.7 Å². The predicted molar refractivity (Wildman–Crippen MR) is 78.0 cm³/mol. The second-order valence-corrected chi connectivity index (χ2v) is 5.39. The van der Waals surface area contributed by atoms with Crippen molar-refractivity contribution in [2.45, 2.75) is 18.9 Å². The summed E-state index contributed by atoms with van der Waals surface area (Å²) in [5.74, 6) is -2.38. The van der Waals surface area contributed by atoms with Gasteiger partial charge in [0.2, 0.25) is 0 Å². The van der Waals surface area contributed by atoms with Crippen LogP contribution in [0.1, 0.15) is 23.4 Å². The summed E-state index contributed by atoms with van der Waals surface area (Å²) in [4.78, 5) is 34.8. The van der Waals surface area contributed by atoms with Crippen LogP contribution in [0, 0.1) is 0 Å². The zero-order valence-corrected chi connectivity index (χ0v) is 12.1. The lowest BCUT2D eigenvalue weighted by molar-refractivity contribution is -0.139. The Labute approximate surface area is 129 Å². The third-order valence-electron chi connectivity index (χ3n) is 3.11. The average molecular weight is 322 g/mol. The number of carbonyl (C=O) groups is 3. The Kier molecular flexibility index (Phi) is 3.72. The molecule has 2 aromatic rings. The first-order valence-corrected chi connectivity index (χ1v) is 7.01. The number of hydrazine groups is 1. The van der Waals surface area contributed by atoms with Crippen molar-refractivity contribution in [2.24, 2.45) is 0 Å².